The van der Waals surface area contributed by atoms with Crippen molar-refractivity contribution in [1.29, 1.82) is 0 Å². The summed E-state index contributed by atoms with van der Waals surface area (Å²) in [5.41, 5.74) is -0.408. The standard InChI is InChI=1S/C10H6Cl2N2O5S/c11-6-1-2-7(9(12)8(6)10(15)16)20(17,18)14-5-3-13-19-4-5/h1-4,14H,(H,15,16). The second kappa shape index (κ2) is 5.31. The zero-order valence-electron chi connectivity index (χ0n) is 9.50. The SMILES string of the molecule is O=C(O)c1c(Cl)ccc(S(=O)(=O)Nc2cnoc2)c1Cl. The Balaban J connectivity index is 2.53. The molecule has 1 aromatic carbocycles. The number of halogens is 2. The third-order valence-corrected chi connectivity index (χ3v) is 4.49. The van der Waals surface area contributed by atoms with Crippen LogP contribution in [0.1, 0.15) is 10.4 Å². The number of aromatic carboxylic acids is 1. The predicted molar refractivity (Wildman–Crippen MR) is 70.7 cm³/mol. The first kappa shape index (κ1) is 14.6. The summed E-state index contributed by atoms with van der Waals surface area (Å²) in [6.45, 7) is 0. The highest BCUT2D eigenvalue weighted by molar-refractivity contribution is 7.92. The van der Waals surface area contributed by atoms with E-state index in [1.165, 1.54) is 0 Å². The number of sulfonamides is 1. The molecule has 0 spiro atoms. The quantitative estimate of drug-likeness (QED) is 0.887. The second-order valence-corrected chi connectivity index (χ2v) is 5.99. The molecular formula is C10H6Cl2N2O5S. The van der Waals surface area contributed by atoms with E-state index in [1.54, 1.807) is 0 Å². The number of anilines is 1. The average Bonchev–Trinajstić information content (AvgIpc) is 2.79. The molecule has 2 N–H and O–H groups in total. The van der Waals surface area contributed by atoms with Gasteiger partial charge in [-0.2, -0.15) is 0 Å². The first-order valence-electron chi connectivity index (χ1n) is 4.96. The monoisotopic (exact) mass is 336 g/mol. The van der Waals surface area contributed by atoms with Crippen molar-refractivity contribution in [2.45, 2.75) is 4.90 Å². The second-order valence-electron chi connectivity index (χ2n) is 3.56. The minimum atomic E-state index is -4.09. The maximum atomic E-state index is 12.1. The average molecular weight is 337 g/mol. The maximum Gasteiger partial charge on any atom is 0.338 e. The molecule has 0 saturated heterocycles. The fourth-order valence-electron chi connectivity index (χ4n) is 1.40. The molecule has 0 unspecified atom stereocenters. The number of hydrogen-bond acceptors (Lipinski definition) is 5. The van der Waals surface area contributed by atoms with Crippen LogP contribution in [-0.2, 0) is 10.0 Å². The van der Waals surface area contributed by atoms with Crippen LogP contribution >= 0.6 is 23.2 Å². The van der Waals surface area contributed by atoms with Crippen LogP contribution in [0.4, 0.5) is 5.69 Å². The Morgan fingerprint density at radius 3 is 2.60 bits per heavy atom. The van der Waals surface area contributed by atoms with Gasteiger partial charge in [-0.3, -0.25) is 4.72 Å². The van der Waals surface area contributed by atoms with Gasteiger partial charge in [-0.25, -0.2) is 13.2 Å². The molecule has 0 bridgehead atoms. The topological polar surface area (TPSA) is 110 Å². The number of rotatable bonds is 4. The van der Waals surface area contributed by atoms with Crippen molar-refractivity contribution in [3.05, 3.63) is 40.2 Å². The first-order chi connectivity index (χ1) is 9.33. The molecule has 0 saturated carbocycles. The Bertz CT molecular complexity index is 758. The van der Waals surface area contributed by atoms with Crippen LogP contribution in [0.15, 0.2) is 34.0 Å². The molecule has 0 aliphatic heterocycles. The summed E-state index contributed by atoms with van der Waals surface area (Å²) in [4.78, 5) is 10.6. The minimum Gasteiger partial charge on any atom is -0.478 e. The highest BCUT2D eigenvalue weighted by Crippen LogP contribution is 2.32. The maximum absolute atomic E-state index is 12.1. The predicted octanol–water partition coefficient (Wildman–Crippen LogP) is 2.48. The van der Waals surface area contributed by atoms with E-state index >= 15 is 0 Å². The van der Waals surface area contributed by atoms with Crippen LogP contribution < -0.4 is 4.72 Å². The number of benzene rings is 1. The number of carboxylic acid groups (broad SMARTS) is 1. The Labute approximate surface area is 123 Å². The van der Waals surface area contributed by atoms with E-state index in [0.29, 0.717) is 0 Å². The van der Waals surface area contributed by atoms with E-state index in [4.69, 9.17) is 28.3 Å². The van der Waals surface area contributed by atoms with Gasteiger partial charge >= 0.3 is 5.97 Å². The van der Waals surface area contributed by atoms with E-state index in [0.717, 1.165) is 24.6 Å². The number of nitrogens with one attached hydrogen (secondary N) is 1. The lowest BCUT2D eigenvalue weighted by atomic mass is 10.2. The van der Waals surface area contributed by atoms with Crippen LogP contribution in [0.3, 0.4) is 0 Å². The van der Waals surface area contributed by atoms with Gasteiger partial charge in [-0.1, -0.05) is 28.4 Å². The number of nitrogens with zero attached hydrogens (tertiary/aromatic N) is 1. The smallest absolute Gasteiger partial charge is 0.338 e. The lowest BCUT2D eigenvalue weighted by Gasteiger charge is -2.10. The van der Waals surface area contributed by atoms with Crippen molar-refractivity contribution in [2.75, 3.05) is 4.72 Å². The lowest BCUT2D eigenvalue weighted by molar-refractivity contribution is 0.0697. The number of carbonyl (C=O) groups is 1. The van der Waals surface area contributed by atoms with Gasteiger partial charge in [0.05, 0.1) is 21.8 Å². The van der Waals surface area contributed by atoms with E-state index < -0.39 is 31.5 Å². The van der Waals surface area contributed by atoms with Crippen LogP contribution in [0, 0.1) is 0 Å². The zero-order valence-corrected chi connectivity index (χ0v) is 11.8. The Hall–Kier alpha value is -1.77. The van der Waals surface area contributed by atoms with Gasteiger partial charge in [0.2, 0.25) is 0 Å². The largest absolute Gasteiger partial charge is 0.478 e. The molecule has 20 heavy (non-hydrogen) atoms. The summed E-state index contributed by atoms with van der Waals surface area (Å²) < 4.78 is 30.8. The Morgan fingerprint density at radius 2 is 2.05 bits per heavy atom. The molecule has 0 atom stereocenters. The van der Waals surface area contributed by atoms with E-state index in [1.807, 2.05) is 0 Å². The van der Waals surface area contributed by atoms with Crippen molar-refractivity contribution in [3.8, 4) is 0 Å². The van der Waals surface area contributed by atoms with Gasteiger partial charge < -0.3 is 9.63 Å². The molecule has 1 heterocycles. The van der Waals surface area contributed by atoms with Crippen molar-refractivity contribution in [1.82, 2.24) is 5.16 Å². The zero-order chi connectivity index (χ0) is 14.9. The summed E-state index contributed by atoms with van der Waals surface area (Å²) in [6.07, 6.45) is 2.21. The molecule has 0 fully saturated rings. The number of carboxylic acids is 1. The van der Waals surface area contributed by atoms with Gasteiger partial charge in [0.1, 0.15) is 16.8 Å². The van der Waals surface area contributed by atoms with E-state index in [-0.39, 0.29) is 10.7 Å². The summed E-state index contributed by atoms with van der Waals surface area (Å²) in [5.74, 6) is -1.43. The van der Waals surface area contributed by atoms with Gasteiger partial charge in [0.25, 0.3) is 10.0 Å². The Morgan fingerprint density at radius 1 is 1.35 bits per heavy atom. The minimum absolute atomic E-state index is 0.0768. The summed E-state index contributed by atoms with van der Waals surface area (Å²) in [6, 6.07) is 2.24. The summed E-state index contributed by atoms with van der Waals surface area (Å²) in [5, 5.41) is 11.7. The first-order valence-corrected chi connectivity index (χ1v) is 7.20. The third-order valence-electron chi connectivity index (χ3n) is 2.24. The van der Waals surface area contributed by atoms with Crippen molar-refractivity contribution < 1.29 is 22.8 Å². The van der Waals surface area contributed by atoms with Crippen molar-refractivity contribution >= 4 is 44.9 Å². The normalized spacial score (nSPS) is 11.3. The van der Waals surface area contributed by atoms with Gasteiger partial charge in [-0.05, 0) is 12.1 Å². The molecule has 0 amide bonds. The van der Waals surface area contributed by atoms with E-state index in [2.05, 4.69) is 14.4 Å². The van der Waals surface area contributed by atoms with Gasteiger partial charge in [-0.15, -0.1) is 0 Å². The highest BCUT2D eigenvalue weighted by Gasteiger charge is 2.25. The van der Waals surface area contributed by atoms with Crippen LogP contribution in [0.25, 0.3) is 0 Å². The number of hydrogen-bond donors (Lipinski definition) is 2. The van der Waals surface area contributed by atoms with Crippen molar-refractivity contribution in [3.63, 3.8) is 0 Å². The fraction of sp³-hybridized carbons (Fsp3) is 0. The van der Waals surface area contributed by atoms with Crippen molar-refractivity contribution in [2.24, 2.45) is 0 Å². The van der Waals surface area contributed by atoms with Gasteiger partial charge in [0, 0.05) is 0 Å². The molecule has 0 radical (unpaired) electrons. The summed E-state index contributed by atoms with van der Waals surface area (Å²) >= 11 is 11.5. The molecular weight excluding hydrogens is 331 g/mol. The van der Waals surface area contributed by atoms with Gasteiger partial charge in [0.15, 0.2) is 0 Å². The molecule has 10 heteroatoms. The van der Waals surface area contributed by atoms with E-state index in [9.17, 15) is 13.2 Å². The lowest BCUT2D eigenvalue weighted by Crippen LogP contribution is -2.14. The molecule has 1 aromatic heterocycles. The van der Waals surface area contributed by atoms with Crippen LogP contribution in [-0.4, -0.2) is 24.7 Å². The third kappa shape index (κ3) is 2.72. The van der Waals surface area contributed by atoms with Crippen LogP contribution in [0.5, 0.6) is 0 Å². The highest BCUT2D eigenvalue weighted by atomic mass is 35.5. The molecule has 106 valence electrons. The van der Waals surface area contributed by atoms with Crippen LogP contribution in [0.2, 0.25) is 10.0 Å². The fourth-order valence-corrected chi connectivity index (χ4v) is 3.35. The number of aromatic nitrogens is 1. The molecule has 0 aliphatic carbocycles. The Kier molecular flexibility index (Phi) is 3.89. The molecule has 2 aromatic rings. The molecule has 0 aliphatic rings. The molecule has 2 rings (SSSR count). The summed E-state index contributed by atoms with van der Waals surface area (Å²) in [7, 11) is -4.09. The molecule has 7 nitrogen and oxygen atoms in total.